The van der Waals surface area contributed by atoms with Crippen molar-refractivity contribution in [1.82, 2.24) is 15.0 Å². The molecule has 1 fully saturated rings. The third kappa shape index (κ3) is 2.69. The molecular formula is C19H17N3O2. The van der Waals surface area contributed by atoms with Gasteiger partial charge in [-0.25, -0.2) is 0 Å². The van der Waals surface area contributed by atoms with E-state index in [9.17, 15) is 4.79 Å². The number of hydrogen-bond donors (Lipinski definition) is 0. The van der Waals surface area contributed by atoms with Crippen molar-refractivity contribution in [3.8, 4) is 11.4 Å². The first kappa shape index (κ1) is 14.6. The van der Waals surface area contributed by atoms with Gasteiger partial charge in [-0.05, 0) is 25.0 Å². The maximum Gasteiger partial charge on any atom is 0.254 e. The minimum absolute atomic E-state index is 0.0116. The fourth-order valence-electron chi connectivity index (χ4n) is 3.09. The zero-order chi connectivity index (χ0) is 16.4. The van der Waals surface area contributed by atoms with Crippen molar-refractivity contribution in [3.63, 3.8) is 0 Å². The molecule has 0 radical (unpaired) electrons. The lowest BCUT2D eigenvalue weighted by Gasteiger charge is -2.21. The summed E-state index contributed by atoms with van der Waals surface area (Å²) in [6, 6.07) is 18.9. The van der Waals surface area contributed by atoms with Crippen LogP contribution in [-0.2, 0) is 0 Å². The standard InChI is InChI=1S/C19H17N3O2/c23-19(15-10-5-2-6-11-15)22-13-7-12-16(22)18-20-17(21-24-18)14-8-3-1-4-9-14/h1-6,8-11,16H,7,12-13H2/t16-/m1/s1. The van der Waals surface area contributed by atoms with Gasteiger partial charge in [0, 0.05) is 17.7 Å². The summed E-state index contributed by atoms with van der Waals surface area (Å²) in [6.45, 7) is 0.710. The van der Waals surface area contributed by atoms with E-state index in [0.717, 1.165) is 18.4 Å². The molecule has 1 aliphatic rings. The highest BCUT2D eigenvalue weighted by molar-refractivity contribution is 5.94. The van der Waals surface area contributed by atoms with Gasteiger partial charge in [-0.15, -0.1) is 0 Å². The van der Waals surface area contributed by atoms with Crippen LogP contribution in [0.5, 0.6) is 0 Å². The molecule has 5 heteroatoms. The minimum Gasteiger partial charge on any atom is -0.337 e. The van der Waals surface area contributed by atoms with Crippen LogP contribution in [0, 0.1) is 0 Å². The summed E-state index contributed by atoms with van der Waals surface area (Å²) < 4.78 is 5.46. The molecule has 0 unspecified atom stereocenters. The summed E-state index contributed by atoms with van der Waals surface area (Å²) >= 11 is 0. The summed E-state index contributed by atoms with van der Waals surface area (Å²) in [5.41, 5.74) is 1.60. The Morgan fingerprint density at radius 1 is 1.04 bits per heavy atom. The lowest BCUT2D eigenvalue weighted by atomic mass is 10.1. The van der Waals surface area contributed by atoms with Crippen LogP contribution in [0.4, 0.5) is 0 Å². The molecule has 1 amide bonds. The van der Waals surface area contributed by atoms with E-state index in [4.69, 9.17) is 4.52 Å². The zero-order valence-corrected chi connectivity index (χ0v) is 13.1. The molecule has 0 N–H and O–H groups in total. The number of benzene rings is 2. The normalized spacial score (nSPS) is 17.2. The molecule has 0 spiro atoms. The van der Waals surface area contributed by atoms with Crippen molar-refractivity contribution in [1.29, 1.82) is 0 Å². The molecule has 1 atom stereocenters. The SMILES string of the molecule is O=C(c1ccccc1)N1CCC[C@@H]1c1nc(-c2ccccc2)no1. The molecule has 2 aromatic carbocycles. The predicted molar refractivity (Wildman–Crippen MR) is 89.2 cm³/mol. The van der Waals surface area contributed by atoms with Gasteiger partial charge in [0.15, 0.2) is 0 Å². The van der Waals surface area contributed by atoms with Gasteiger partial charge in [-0.2, -0.15) is 4.98 Å². The molecule has 1 aliphatic heterocycles. The smallest absolute Gasteiger partial charge is 0.254 e. The average molecular weight is 319 g/mol. The van der Waals surface area contributed by atoms with Gasteiger partial charge in [0.2, 0.25) is 11.7 Å². The van der Waals surface area contributed by atoms with Gasteiger partial charge < -0.3 is 9.42 Å². The van der Waals surface area contributed by atoms with Crippen LogP contribution in [0.15, 0.2) is 65.2 Å². The first-order chi connectivity index (χ1) is 11.8. The van der Waals surface area contributed by atoms with Crippen LogP contribution in [0.1, 0.15) is 35.1 Å². The number of aromatic nitrogens is 2. The number of carbonyl (C=O) groups is 1. The molecular weight excluding hydrogens is 302 g/mol. The molecule has 120 valence electrons. The first-order valence-corrected chi connectivity index (χ1v) is 8.08. The fourth-order valence-corrected chi connectivity index (χ4v) is 3.09. The number of carbonyl (C=O) groups excluding carboxylic acids is 1. The highest BCUT2D eigenvalue weighted by atomic mass is 16.5. The molecule has 1 saturated heterocycles. The number of amides is 1. The van der Waals surface area contributed by atoms with Gasteiger partial charge in [-0.1, -0.05) is 53.7 Å². The van der Waals surface area contributed by atoms with Crippen LogP contribution in [0.2, 0.25) is 0 Å². The molecule has 2 heterocycles. The maximum absolute atomic E-state index is 12.7. The van der Waals surface area contributed by atoms with E-state index in [0.29, 0.717) is 23.8 Å². The Balaban J connectivity index is 1.60. The van der Waals surface area contributed by atoms with E-state index < -0.39 is 0 Å². The fraction of sp³-hybridized carbons (Fsp3) is 0.211. The number of hydrogen-bond acceptors (Lipinski definition) is 4. The van der Waals surface area contributed by atoms with Crippen molar-refractivity contribution in [2.75, 3.05) is 6.54 Å². The molecule has 0 aliphatic carbocycles. The van der Waals surface area contributed by atoms with Crippen molar-refractivity contribution in [3.05, 3.63) is 72.1 Å². The van der Waals surface area contributed by atoms with Crippen molar-refractivity contribution >= 4 is 5.91 Å². The summed E-state index contributed by atoms with van der Waals surface area (Å²) in [5.74, 6) is 1.08. The van der Waals surface area contributed by atoms with Gasteiger partial charge in [0.1, 0.15) is 6.04 Å². The van der Waals surface area contributed by atoms with Crippen molar-refractivity contribution in [2.45, 2.75) is 18.9 Å². The van der Waals surface area contributed by atoms with Crippen LogP contribution >= 0.6 is 0 Å². The molecule has 5 nitrogen and oxygen atoms in total. The van der Waals surface area contributed by atoms with Crippen LogP contribution in [0.3, 0.4) is 0 Å². The molecule has 1 aromatic heterocycles. The van der Waals surface area contributed by atoms with Crippen LogP contribution < -0.4 is 0 Å². The maximum atomic E-state index is 12.7. The second kappa shape index (κ2) is 6.28. The molecule has 3 aromatic rings. The Morgan fingerprint density at radius 3 is 2.50 bits per heavy atom. The summed E-state index contributed by atoms with van der Waals surface area (Å²) in [4.78, 5) is 19.1. The van der Waals surface area contributed by atoms with Gasteiger partial charge >= 0.3 is 0 Å². The number of nitrogens with zero attached hydrogens (tertiary/aromatic N) is 3. The second-order valence-corrected chi connectivity index (χ2v) is 5.84. The first-order valence-electron chi connectivity index (χ1n) is 8.08. The summed E-state index contributed by atoms with van der Waals surface area (Å²) in [6.07, 6.45) is 1.78. The highest BCUT2D eigenvalue weighted by Gasteiger charge is 2.34. The Hall–Kier alpha value is -2.95. The third-order valence-corrected chi connectivity index (χ3v) is 4.29. The topological polar surface area (TPSA) is 59.2 Å². The van der Waals surface area contributed by atoms with E-state index >= 15 is 0 Å². The quantitative estimate of drug-likeness (QED) is 0.738. The van der Waals surface area contributed by atoms with E-state index in [2.05, 4.69) is 10.1 Å². The third-order valence-electron chi connectivity index (χ3n) is 4.29. The van der Waals surface area contributed by atoms with Gasteiger partial charge in [-0.3, -0.25) is 4.79 Å². The van der Waals surface area contributed by atoms with E-state index in [1.807, 2.05) is 65.6 Å². The number of likely N-dealkylation sites (tertiary alicyclic amines) is 1. The summed E-state index contributed by atoms with van der Waals surface area (Å²) in [7, 11) is 0. The van der Waals surface area contributed by atoms with Crippen LogP contribution in [-0.4, -0.2) is 27.5 Å². The van der Waals surface area contributed by atoms with E-state index in [-0.39, 0.29) is 11.9 Å². The van der Waals surface area contributed by atoms with Crippen molar-refractivity contribution < 1.29 is 9.32 Å². The average Bonchev–Trinajstić information content (AvgIpc) is 3.32. The van der Waals surface area contributed by atoms with E-state index in [1.54, 1.807) is 0 Å². The Labute approximate surface area is 139 Å². The Morgan fingerprint density at radius 2 is 1.75 bits per heavy atom. The second-order valence-electron chi connectivity index (χ2n) is 5.84. The Kier molecular flexibility index (Phi) is 3.83. The monoisotopic (exact) mass is 319 g/mol. The lowest BCUT2D eigenvalue weighted by Crippen LogP contribution is -2.30. The van der Waals surface area contributed by atoms with Crippen LogP contribution in [0.25, 0.3) is 11.4 Å². The highest BCUT2D eigenvalue weighted by Crippen LogP contribution is 2.33. The minimum atomic E-state index is -0.150. The van der Waals surface area contributed by atoms with Gasteiger partial charge in [0.05, 0.1) is 0 Å². The number of rotatable bonds is 3. The van der Waals surface area contributed by atoms with E-state index in [1.165, 1.54) is 0 Å². The largest absolute Gasteiger partial charge is 0.337 e. The molecule has 0 bridgehead atoms. The molecule has 0 saturated carbocycles. The summed E-state index contributed by atoms with van der Waals surface area (Å²) in [5, 5.41) is 4.07. The van der Waals surface area contributed by atoms with Crippen molar-refractivity contribution in [2.24, 2.45) is 0 Å². The Bertz CT molecular complexity index is 830. The molecule has 4 rings (SSSR count). The van der Waals surface area contributed by atoms with Gasteiger partial charge in [0.25, 0.3) is 5.91 Å². The molecule has 24 heavy (non-hydrogen) atoms. The lowest BCUT2D eigenvalue weighted by molar-refractivity contribution is 0.0710. The predicted octanol–water partition coefficient (Wildman–Crippen LogP) is 3.71. The zero-order valence-electron chi connectivity index (χ0n) is 13.1.